The van der Waals surface area contributed by atoms with Crippen LogP contribution >= 0.6 is 11.3 Å². The molecule has 2 N–H and O–H groups in total. The van der Waals surface area contributed by atoms with Gasteiger partial charge in [0.2, 0.25) is 0 Å². The molecule has 1 aromatic heterocycles. The van der Waals surface area contributed by atoms with Crippen molar-refractivity contribution >= 4 is 33.0 Å². The van der Waals surface area contributed by atoms with Crippen molar-refractivity contribution < 1.29 is 18.3 Å². The van der Waals surface area contributed by atoms with Gasteiger partial charge in [-0.05, 0) is 24.3 Å². The quantitative estimate of drug-likeness (QED) is 0.848. The third kappa shape index (κ3) is 2.99. The van der Waals surface area contributed by atoms with Crippen molar-refractivity contribution in [2.24, 2.45) is 0 Å². The first-order valence-electron chi connectivity index (χ1n) is 5.34. The zero-order valence-corrected chi connectivity index (χ0v) is 11.7. The number of rotatable bonds is 4. The van der Waals surface area contributed by atoms with Gasteiger partial charge in [-0.1, -0.05) is 12.0 Å². The summed E-state index contributed by atoms with van der Waals surface area (Å²) >= 11 is 0.842. The second-order valence-corrected chi connectivity index (χ2v) is 6.61. The molecule has 7 heteroatoms. The van der Waals surface area contributed by atoms with Crippen molar-refractivity contribution in [1.29, 1.82) is 0 Å². The fourth-order valence-corrected chi connectivity index (χ4v) is 3.65. The van der Waals surface area contributed by atoms with E-state index in [1.807, 2.05) is 0 Å². The van der Waals surface area contributed by atoms with Crippen LogP contribution in [0.25, 0.3) is 0 Å². The molecule has 0 bridgehead atoms. The fourth-order valence-electron chi connectivity index (χ4n) is 1.45. The number of carbonyl (C=O) groups is 1. The Kier molecular flexibility index (Phi) is 3.79. The van der Waals surface area contributed by atoms with Crippen LogP contribution in [0.2, 0.25) is 0 Å². The van der Waals surface area contributed by atoms with Gasteiger partial charge in [0.05, 0.1) is 11.3 Å². The number of sulfonamides is 1. The predicted molar refractivity (Wildman–Crippen MR) is 76.5 cm³/mol. The predicted octanol–water partition coefficient (Wildman–Crippen LogP) is 2.23. The summed E-state index contributed by atoms with van der Waals surface area (Å²) < 4.78 is 26.5. The Morgan fingerprint density at radius 1 is 1.35 bits per heavy atom. The van der Waals surface area contributed by atoms with Crippen molar-refractivity contribution in [2.75, 3.05) is 4.72 Å². The van der Waals surface area contributed by atoms with E-state index in [-0.39, 0.29) is 9.77 Å². The topological polar surface area (TPSA) is 83.5 Å². The number of terminal acetylenes is 1. The molecule has 0 spiro atoms. The highest BCUT2D eigenvalue weighted by Gasteiger charge is 2.19. The van der Waals surface area contributed by atoms with Gasteiger partial charge < -0.3 is 5.11 Å². The summed E-state index contributed by atoms with van der Waals surface area (Å²) in [4.78, 5) is 10.8. The smallest absolute Gasteiger partial charge is 0.336 e. The monoisotopic (exact) mass is 307 g/mol. The Morgan fingerprint density at radius 3 is 2.70 bits per heavy atom. The molecule has 2 aromatic rings. The number of hydrogen-bond donors (Lipinski definition) is 2. The second-order valence-electron chi connectivity index (χ2n) is 3.79. The normalized spacial score (nSPS) is 10.8. The molecular weight excluding hydrogens is 298 g/mol. The van der Waals surface area contributed by atoms with E-state index < -0.39 is 16.0 Å². The summed E-state index contributed by atoms with van der Waals surface area (Å²) in [6.07, 6.45) is 5.24. The van der Waals surface area contributed by atoms with Gasteiger partial charge in [0.15, 0.2) is 0 Å². The van der Waals surface area contributed by atoms with E-state index in [4.69, 9.17) is 11.5 Å². The van der Waals surface area contributed by atoms with Gasteiger partial charge in [-0.25, -0.2) is 13.2 Å². The van der Waals surface area contributed by atoms with E-state index in [9.17, 15) is 13.2 Å². The van der Waals surface area contributed by atoms with E-state index in [0.717, 1.165) is 17.4 Å². The summed E-state index contributed by atoms with van der Waals surface area (Å²) in [7, 11) is -3.81. The molecule has 1 aromatic carbocycles. The maximum absolute atomic E-state index is 12.1. The van der Waals surface area contributed by atoms with Gasteiger partial charge in [-0.3, -0.25) is 4.72 Å². The van der Waals surface area contributed by atoms with Crippen molar-refractivity contribution in [3.63, 3.8) is 0 Å². The number of anilines is 1. The molecule has 20 heavy (non-hydrogen) atoms. The molecule has 0 unspecified atom stereocenters. The summed E-state index contributed by atoms with van der Waals surface area (Å²) in [5.74, 6) is 1.23. The Bertz CT molecular complexity index is 800. The van der Waals surface area contributed by atoms with E-state index in [1.165, 1.54) is 11.4 Å². The SMILES string of the molecule is C#Cc1cccc(NS(=O)(=O)c2cc(C(=O)O)cs2)c1. The molecule has 102 valence electrons. The molecule has 0 saturated carbocycles. The van der Waals surface area contributed by atoms with Crippen LogP contribution in [0.15, 0.2) is 39.9 Å². The number of carboxylic acids is 1. The molecule has 0 saturated heterocycles. The number of hydrogen-bond acceptors (Lipinski definition) is 4. The van der Waals surface area contributed by atoms with Gasteiger partial charge in [-0.2, -0.15) is 0 Å². The standard InChI is InChI=1S/C13H9NO4S2/c1-2-9-4-3-5-11(6-9)14-20(17,18)12-7-10(8-19-12)13(15)16/h1,3-8,14H,(H,15,16). The highest BCUT2D eigenvalue weighted by molar-refractivity contribution is 7.94. The van der Waals surface area contributed by atoms with Gasteiger partial charge >= 0.3 is 5.97 Å². The van der Waals surface area contributed by atoms with Crippen LogP contribution in [0.3, 0.4) is 0 Å². The van der Waals surface area contributed by atoms with Crippen LogP contribution in [0.4, 0.5) is 5.69 Å². The third-order valence-electron chi connectivity index (χ3n) is 2.37. The van der Waals surface area contributed by atoms with Crippen LogP contribution in [0.1, 0.15) is 15.9 Å². The molecule has 0 aliphatic carbocycles. The molecule has 0 atom stereocenters. The molecular formula is C13H9NO4S2. The van der Waals surface area contributed by atoms with Crippen LogP contribution < -0.4 is 4.72 Å². The van der Waals surface area contributed by atoms with Crippen molar-refractivity contribution in [1.82, 2.24) is 0 Å². The zero-order chi connectivity index (χ0) is 14.8. The van der Waals surface area contributed by atoms with Gasteiger partial charge in [0.1, 0.15) is 4.21 Å². The van der Waals surface area contributed by atoms with Crippen LogP contribution in [-0.4, -0.2) is 19.5 Å². The molecule has 2 rings (SSSR count). The van der Waals surface area contributed by atoms with Crippen molar-refractivity contribution in [2.45, 2.75) is 4.21 Å². The number of aromatic carboxylic acids is 1. The van der Waals surface area contributed by atoms with Gasteiger partial charge in [0, 0.05) is 10.9 Å². The summed E-state index contributed by atoms with van der Waals surface area (Å²) in [6, 6.07) is 7.49. The molecule has 0 aliphatic rings. The number of nitrogens with one attached hydrogen (secondary N) is 1. The van der Waals surface area contributed by atoms with Crippen LogP contribution in [0.5, 0.6) is 0 Å². The minimum absolute atomic E-state index is 0.0623. The largest absolute Gasteiger partial charge is 0.478 e. The number of carboxylic acid groups (broad SMARTS) is 1. The van der Waals surface area contributed by atoms with E-state index in [0.29, 0.717) is 11.3 Å². The first kappa shape index (κ1) is 14.1. The molecule has 0 fully saturated rings. The summed E-state index contributed by atoms with van der Waals surface area (Å²) in [5.41, 5.74) is 0.807. The van der Waals surface area contributed by atoms with Gasteiger partial charge in [-0.15, -0.1) is 17.8 Å². The zero-order valence-electron chi connectivity index (χ0n) is 10.0. The average molecular weight is 307 g/mol. The minimum atomic E-state index is -3.81. The van der Waals surface area contributed by atoms with Crippen LogP contribution in [0, 0.1) is 12.3 Å². The van der Waals surface area contributed by atoms with Crippen molar-refractivity contribution in [3.05, 3.63) is 46.8 Å². The summed E-state index contributed by atoms with van der Waals surface area (Å²) in [5, 5.41) is 10.1. The first-order valence-corrected chi connectivity index (χ1v) is 7.70. The number of thiophene rings is 1. The third-order valence-corrected chi connectivity index (χ3v) is 5.19. The first-order chi connectivity index (χ1) is 9.42. The second kappa shape index (κ2) is 5.36. The lowest BCUT2D eigenvalue weighted by atomic mass is 10.2. The maximum Gasteiger partial charge on any atom is 0.336 e. The number of benzene rings is 1. The molecule has 0 aliphatic heterocycles. The van der Waals surface area contributed by atoms with E-state index in [2.05, 4.69) is 10.6 Å². The Labute approximate surface area is 119 Å². The fraction of sp³-hybridized carbons (Fsp3) is 0. The molecule has 1 heterocycles. The summed E-state index contributed by atoms with van der Waals surface area (Å²) in [6.45, 7) is 0. The lowest BCUT2D eigenvalue weighted by Crippen LogP contribution is -2.11. The van der Waals surface area contributed by atoms with Crippen molar-refractivity contribution in [3.8, 4) is 12.3 Å². The van der Waals surface area contributed by atoms with E-state index >= 15 is 0 Å². The maximum atomic E-state index is 12.1. The Hall–Kier alpha value is -2.30. The Morgan fingerprint density at radius 2 is 2.10 bits per heavy atom. The molecule has 5 nitrogen and oxygen atoms in total. The van der Waals surface area contributed by atoms with E-state index in [1.54, 1.807) is 18.2 Å². The molecule has 0 radical (unpaired) electrons. The lowest BCUT2D eigenvalue weighted by molar-refractivity contribution is 0.0697. The average Bonchev–Trinajstić information content (AvgIpc) is 2.89. The minimum Gasteiger partial charge on any atom is -0.478 e. The highest BCUT2D eigenvalue weighted by Crippen LogP contribution is 2.23. The van der Waals surface area contributed by atoms with Crippen LogP contribution in [-0.2, 0) is 10.0 Å². The Balaban J connectivity index is 2.30. The molecule has 0 amide bonds. The van der Waals surface area contributed by atoms with Gasteiger partial charge in [0.25, 0.3) is 10.0 Å². The highest BCUT2D eigenvalue weighted by atomic mass is 32.2. The lowest BCUT2D eigenvalue weighted by Gasteiger charge is -2.06.